The SMILES string of the molecule is CC.CC(c1cccc(O)c1)N1CCn2cc(-c3[nH]nc4ncc(-c5ccccc5)cc34)cc2C1=O. The van der Waals surface area contributed by atoms with Crippen molar-refractivity contribution in [2.24, 2.45) is 0 Å². The first-order valence-electron chi connectivity index (χ1n) is 12.3. The molecule has 36 heavy (non-hydrogen) atoms. The van der Waals surface area contributed by atoms with E-state index in [-0.39, 0.29) is 17.7 Å². The first-order valence-corrected chi connectivity index (χ1v) is 12.3. The van der Waals surface area contributed by atoms with Crippen LogP contribution in [0, 0.1) is 0 Å². The molecule has 7 nitrogen and oxygen atoms in total. The van der Waals surface area contributed by atoms with Crippen LogP contribution in [0.5, 0.6) is 5.75 Å². The summed E-state index contributed by atoms with van der Waals surface area (Å²) in [4.78, 5) is 19.8. The Kier molecular flexibility index (Phi) is 6.29. The number of rotatable bonds is 4. The molecule has 0 radical (unpaired) electrons. The number of phenols is 1. The zero-order valence-electron chi connectivity index (χ0n) is 20.6. The first-order chi connectivity index (χ1) is 17.6. The van der Waals surface area contributed by atoms with Crippen molar-refractivity contribution in [1.82, 2.24) is 24.6 Å². The highest BCUT2D eigenvalue weighted by Gasteiger charge is 2.30. The predicted molar refractivity (Wildman–Crippen MR) is 142 cm³/mol. The van der Waals surface area contributed by atoms with E-state index in [1.807, 2.05) is 73.0 Å². The smallest absolute Gasteiger partial charge is 0.271 e. The van der Waals surface area contributed by atoms with Gasteiger partial charge in [0.15, 0.2) is 5.65 Å². The number of H-pyrrole nitrogens is 1. The Morgan fingerprint density at radius 2 is 1.75 bits per heavy atom. The molecule has 1 aliphatic rings. The highest BCUT2D eigenvalue weighted by Crippen LogP contribution is 2.33. The number of nitrogens with one attached hydrogen (secondary N) is 1. The van der Waals surface area contributed by atoms with Crippen molar-refractivity contribution in [2.45, 2.75) is 33.4 Å². The fourth-order valence-electron chi connectivity index (χ4n) is 4.72. The van der Waals surface area contributed by atoms with Crippen LogP contribution in [0.4, 0.5) is 0 Å². The standard InChI is InChI=1S/C27H23N5O2.C2H6/c1-17(19-8-5-9-22(33)12-19)32-11-10-31-16-21(14-24(31)27(32)34)25-23-13-20(15-28-26(23)30-29-25)18-6-3-2-4-7-18;1-2/h2-9,12-17,33H,10-11H2,1H3,(H,28,29,30);1-2H3. The lowest BCUT2D eigenvalue weighted by atomic mass is 10.0. The number of carbonyl (C=O) groups is 1. The molecule has 2 N–H and O–H groups in total. The second kappa shape index (κ2) is 9.70. The Morgan fingerprint density at radius 1 is 0.944 bits per heavy atom. The molecule has 0 saturated carbocycles. The molecule has 1 unspecified atom stereocenters. The number of amides is 1. The van der Waals surface area contributed by atoms with E-state index in [4.69, 9.17) is 0 Å². The van der Waals surface area contributed by atoms with Crippen LogP contribution >= 0.6 is 0 Å². The molecular weight excluding hydrogens is 450 g/mol. The molecule has 0 bridgehead atoms. The first kappa shape index (κ1) is 23.4. The van der Waals surface area contributed by atoms with Gasteiger partial charge >= 0.3 is 0 Å². The summed E-state index contributed by atoms with van der Waals surface area (Å²) in [5.41, 5.74) is 6.06. The van der Waals surface area contributed by atoms with Crippen molar-refractivity contribution in [3.8, 4) is 28.1 Å². The van der Waals surface area contributed by atoms with Gasteiger partial charge in [0.05, 0.1) is 11.7 Å². The van der Waals surface area contributed by atoms with Crippen molar-refractivity contribution in [3.05, 3.63) is 90.4 Å². The highest BCUT2D eigenvalue weighted by atomic mass is 16.3. The topological polar surface area (TPSA) is 87.0 Å². The maximum Gasteiger partial charge on any atom is 0.271 e. The van der Waals surface area contributed by atoms with Gasteiger partial charge in [-0.25, -0.2) is 4.98 Å². The molecule has 1 amide bonds. The number of aromatic amines is 1. The quantitative estimate of drug-likeness (QED) is 0.329. The summed E-state index contributed by atoms with van der Waals surface area (Å²) in [7, 11) is 0. The Balaban J connectivity index is 0.00000130. The fourth-order valence-corrected chi connectivity index (χ4v) is 4.72. The van der Waals surface area contributed by atoms with Gasteiger partial charge in [-0.2, -0.15) is 5.10 Å². The van der Waals surface area contributed by atoms with Crippen LogP contribution in [0.1, 0.15) is 42.9 Å². The Morgan fingerprint density at radius 3 is 2.53 bits per heavy atom. The number of fused-ring (bicyclic) bond motifs is 2. The number of hydrogen-bond acceptors (Lipinski definition) is 4. The van der Waals surface area contributed by atoms with Crippen LogP contribution in [0.3, 0.4) is 0 Å². The molecular formula is C29H29N5O2. The van der Waals surface area contributed by atoms with E-state index < -0.39 is 0 Å². The van der Waals surface area contributed by atoms with Gasteiger partial charge < -0.3 is 14.6 Å². The third-order valence-corrected chi connectivity index (χ3v) is 6.58. The van der Waals surface area contributed by atoms with E-state index in [1.54, 1.807) is 18.2 Å². The fraction of sp³-hybridized carbons (Fsp3) is 0.207. The molecule has 0 spiro atoms. The second-order valence-corrected chi connectivity index (χ2v) is 8.64. The maximum absolute atomic E-state index is 13.4. The average Bonchev–Trinajstić information content (AvgIpc) is 3.54. The average molecular weight is 480 g/mol. The monoisotopic (exact) mass is 479 g/mol. The zero-order chi connectivity index (χ0) is 25.2. The van der Waals surface area contributed by atoms with Crippen LogP contribution in [-0.4, -0.2) is 42.2 Å². The molecule has 1 atom stereocenters. The van der Waals surface area contributed by atoms with Gasteiger partial charge in [0.25, 0.3) is 5.91 Å². The van der Waals surface area contributed by atoms with Crippen LogP contribution in [-0.2, 0) is 6.54 Å². The van der Waals surface area contributed by atoms with Crippen molar-refractivity contribution < 1.29 is 9.90 Å². The molecule has 4 heterocycles. The van der Waals surface area contributed by atoms with Gasteiger partial charge in [0.2, 0.25) is 0 Å². The van der Waals surface area contributed by atoms with Gasteiger partial charge in [0, 0.05) is 42.0 Å². The molecule has 0 fully saturated rings. The van der Waals surface area contributed by atoms with E-state index in [9.17, 15) is 9.90 Å². The van der Waals surface area contributed by atoms with Gasteiger partial charge in [-0.3, -0.25) is 9.89 Å². The lowest BCUT2D eigenvalue weighted by molar-refractivity contribution is 0.0632. The maximum atomic E-state index is 13.4. The van der Waals surface area contributed by atoms with Crippen LogP contribution in [0.2, 0.25) is 0 Å². The van der Waals surface area contributed by atoms with Crippen molar-refractivity contribution in [2.75, 3.05) is 6.54 Å². The number of aromatic nitrogens is 4. The van der Waals surface area contributed by atoms with E-state index in [1.165, 1.54) is 0 Å². The summed E-state index contributed by atoms with van der Waals surface area (Å²) in [6.45, 7) is 7.29. The minimum Gasteiger partial charge on any atom is -0.508 e. The van der Waals surface area contributed by atoms with Gasteiger partial charge in [-0.05, 0) is 42.3 Å². The summed E-state index contributed by atoms with van der Waals surface area (Å²) in [5.74, 6) is 0.175. The number of phenolic OH excluding ortho intramolecular Hbond substituents is 1. The van der Waals surface area contributed by atoms with Gasteiger partial charge in [-0.1, -0.05) is 56.3 Å². The molecule has 0 saturated heterocycles. The second-order valence-electron chi connectivity index (χ2n) is 8.64. The minimum atomic E-state index is -0.141. The van der Waals surface area contributed by atoms with Crippen molar-refractivity contribution >= 4 is 16.9 Å². The largest absolute Gasteiger partial charge is 0.508 e. The molecule has 1 aliphatic heterocycles. The van der Waals surface area contributed by atoms with Crippen LogP contribution in [0.15, 0.2) is 79.1 Å². The number of hydrogen-bond donors (Lipinski definition) is 2. The minimum absolute atomic E-state index is 0.0275. The summed E-state index contributed by atoms with van der Waals surface area (Å²) in [5, 5.41) is 18.3. The Hall–Kier alpha value is -4.39. The van der Waals surface area contributed by atoms with E-state index in [0.717, 1.165) is 33.3 Å². The third-order valence-electron chi connectivity index (χ3n) is 6.58. The summed E-state index contributed by atoms with van der Waals surface area (Å²) in [6.07, 6.45) is 3.84. The lowest BCUT2D eigenvalue weighted by Gasteiger charge is -2.33. The summed E-state index contributed by atoms with van der Waals surface area (Å²) >= 11 is 0. The third kappa shape index (κ3) is 4.13. The zero-order valence-corrected chi connectivity index (χ0v) is 20.6. The van der Waals surface area contributed by atoms with Crippen LogP contribution in [0.25, 0.3) is 33.4 Å². The van der Waals surface area contributed by atoms with Gasteiger partial charge in [-0.15, -0.1) is 0 Å². The lowest BCUT2D eigenvalue weighted by Crippen LogP contribution is -2.41. The number of aromatic hydroxyl groups is 1. The number of nitrogens with zero attached hydrogens (tertiary/aromatic N) is 4. The van der Waals surface area contributed by atoms with Crippen molar-refractivity contribution in [3.63, 3.8) is 0 Å². The summed E-state index contributed by atoms with van der Waals surface area (Å²) < 4.78 is 2.00. The Bertz CT molecular complexity index is 1520. The van der Waals surface area contributed by atoms with Gasteiger partial charge in [0.1, 0.15) is 11.4 Å². The number of benzene rings is 2. The number of pyridine rings is 1. The molecule has 182 valence electrons. The molecule has 2 aromatic carbocycles. The molecule has 6 rings (SSSR count). The van der Waals surface area contributed by atoms with E-state index in [0.29, 0.717) is 24.4 Å². The molecule has 7 heteroatoms. The van der Waals surface area contributed by atoms with Crippen molar-refractivity contribution in [1.29, 1.82) is 0 Å². The molecule has 5 aromatic rings. The molecule has 0 aliphatic carbocycles. The van der Waals surface area contributed by atoms with E-state index >= 15 is 0 Å². The Labute approximate surface area is 210 Å². The molecule has 3 aromatic heterocycles. The highest BCUT2D eigenvalue weighted by molar-refractivity contribution is 5.98. The number of carbonyl (C=O) groups excluding carboxylic acids is 1. The normalized spacial score (nSPS) is 13.8. The predicted octanol–water partition coefficient (Wildman–Crippen LogP) is 6.04. The van der Waals surface area contributed by atoms with Crippen LogP contribution < -0.4 is 0 Å². The van der Waals surface area contributed by atoms with E-state index in [2.05, 4.69) is 33.4 Å². The summed E-state index contributed by atoms with van der Waals surface area (Å²) in [6, 6.07) is 21.1.